The summed E-state index contributed by atoms with van der Waals surface area (Å²) in [5.74, 6) is 0. The van der Waals surface area contributed by atoms with Crippen molar-refractivity contribution in [1.82, 2.24) is 0 Å². The lowest BCUT2D eigenvalue weighted by Crippen LogP contribution is -2.15. The van der Waals surface area contributed by atoms with E-state index in [4.69, 9.17) is 0 Å². The molecule has 0 unspecified atom stereocenters. The molecule has 564 valence electrons. The van der Waals surface area contributed by atoms with Crippen molar-refractivity contribution in [2.45, 2.75) is 96.3 Å². The fourth-order valence-electron chi connectivity index (χ4n) is 23.3. The smallest absolute Gasteiger partial charge is 0.0159 e. The SMILES string of the molecule is CC1(C)c2ccccc2-c2cc(-c3c4ccccc4c(-c4ccc5c(c4)C(C)(C)c4ccccc4-5)c4cc(-c5ccc6c(c5)C(C)(C)c5ccccc5-6)ccc34)ccc21.CC1(C)c2ccccc2-c2ccc(-c3ccc4c(-c5ccc6c7c(cccc57)-c5ccccc5-6)c5ccccc5c(-c5ccc6c(c5)C(C)(C)c5ccccc5-6)c4c3)cc21. The number of hydrogen-bond donors (Lipinski definition) is 0. The fraction of sp³-hybridized carbons (Fsp3) is 0.126. The molecule has 0 heteroatoms. The van der Waals surface area contributed by atoms with Crippen LogP contribution in [0.5, 0.6) is 0 Å². The van der Waals surface area contributed by atoms with E-state index in [1.807, 2.05) is 0 Å². The second kappa shape index (κ2) is 24.8. The molecule has 0 aromatic heterocycles. The lowest BCUT2D eigenvalue weighted by molar-refractivity contribution is 0.660. The zero-order valence-electron chi connectivity index (χ0n) is 69.0. The second-order valence-corrected chi connectivity index (χ2v) is 37.2. The minimum atomic E-state index is -0.102. The predicted molar refractivity (Wildman–Crippen MR) is 505 cm³/mol. The lowest BCUT2D eigenvalue weighted by Gasteiger charge is -2.24. The van der Waals surface area contributed by atoms with Gasteiger partial charge >= 0.3 is 0 Å². The van der Waals surface area contributed by atoms with E-state index in [2.05, 4.69) is 421 Å². The van der Waals surface area contributed by atoms with E-state index in [1.165, 1.54) is 254 Å². The molecule has 0 nitrogen and oxygen atoms in total. The van der Waals surface area contributed by atoms with Crippen LogP contribution in [-0.4, -0.2) is 0 Å². The molecule has 19 aromatic carbocycles. The molecule has 0 radical (unpaired) electrons. The number of rotatable bonds is 6. The topological polar surface area (TPSA) is 0 Å². The largest absolute Gasteiger partial charge is 0.0619 e. The van der Waals surface area contributed by atoms with Gasteiger partial charge < -0.3 is 0 Å². The maximum Gasteiger partial charge on any atom is 0.0159 e. The van der Waals surface area contributed by atoms with Gasteiger partial charge in [0.25, 0.3) is 0 Å². The third-order valence-corrected chi connectivity index (χ3v) is 29.3. The summed E-state index contributed by atoms with van der Waals surface area (Å²) in [5.41, 5.74) is 47.8. The van der Waals surface area contributed by atoms with Crippen molar-refractivity contribution in [2.75, 3.05) is 0 Å². The summed E-state index contributed by atoms with van der Waals surface area (Å²) >= 11 is 0. The number of fused-ring (bicyclic) bond motifs is 22. The normalized spacial score (nSPS) is 15.1. The first-order chi connectivity index (χ1) is 57.8. The summed E-state index contributed by atoms with van der Waals surface area (Å²) in [6.45, 7) is 23.8. The lowest BCUT2D eigenvalue weighted by atomic mass is 9.79. The van der Waals surface area contributed by atoms with Gasteiger partial charge in [0.05, 0.1) is 0 Å². The summed E-state index contributed by atoms with van der Waals surface area (Å²) in [7, 11) is 0. The average molecular weight is 1520 g/mol. The second-order valence-electron chi connectivity index (χ2n) is 37.2. The molecular formula is C119H88. The molecule has 6 aliphatic carbocycles. The monoisotopic (exact) mass is 1520 g/mol. The van der Waals surface area contributed by atoms with Gasteiger partial charge in [0.2, 0.25) is 0 Å². The van der Waals surface area contributed by atoms with E-state index in [9.17, 15) is 0 Å². The Bertz CT molecular complexity index is 7710. The molecule has 0 heterocycles. The Morgan fingerprint density at radius 2 is 0.361 bits per heavy atom. The van der Waals surface area contributed by atoms with Crippen molar-refractivity contribution in [2.24, 2.45) is 0 Å². The Labute approximate surface area is 697 Å². The summed E-state index contributed by atoms with van der Waals surface area (Å²) in [5, 5.41) is 12.9. The van der Waals surface area contributed by atoms with Gasteiger partial charge in [0.15, 0.2) is 0 Å². The molecule has 25 rings (SSSR count). The van der Waals surface area contributed by atoms with Crippen molar-refractivity contribution < 1.29 is 0 Å². The number of benzene rings is 19. The van der Waals surface area contributed by atoms with Gasteiger partial charge in [-0.3, -0.25) is 0 Å². The highest BCUT2D eigenvalue weighted by Crippen LogP contribution is 2.60. The van der Waals surface area contributed by atoms with Crippen molar-refractivity contribution in [3.05, 3.63) is 407 Å². The predicted octanol–water partition coefficient (Wildman–Crippen LogP) is 32.3. The first-order valence-corrected chi connectivity index (χ1v) is 42.7. The maximum atomic E-state index is 2.51. The molecule has 119 heavy (non-hydrogen) atoms. The molecule has 0 saturated heterocycles. The maximum absolute atomic E-state index is 2.51. The highest BCUT2D eigenvalue weighted by molar-refractivity contribution is 6.28. The summed E-state index contributed by atoms with van der Waals surface area (Å²) in [6, 6.07) is 134. The Kier molecular flexibility index (Phi) is 14.5. The first-order valence-electron chi connectivity index (χ1n) is 42.7. The highest BCUT2D eigenvalue weighted by atomic mass is 14.4. The molecule has 0 aliphatic heterocycles. The van der Waals surface area contributed by atoms with E-state index in [-0.39, 0.29) is 27.1 Å². The van der Waals surface area contributed by atoms with Gasteiger partial charge in [-0.15, -0.1) is 0 Å². The minimum absolute atomic E-state index is 0.0415. The van der Waals surface area contributed by atoms with Crippen LogP contribution in [-0.2, 0) is 27.1 Å². The van der Waals surface area contributed by atoms with Crippen LogP contribution in [0.2, 0.25) is 0 Å². The van der Waals surface area contributed by atoms with Crippen LogP contribution in [0.4, 0.5) is 0 Å². The molecule has 19 aromatic rings. The molecule has 0 N–H and O–H groups in total. The fourth-order valence-corrected chi connectivity index (χ4v) is 23.3. The average Bonchev–Trinajstić information content (AvgIpc) is 1.65. The Morgan fingerprint density at radius 1 is 0.126 bits per heavy atom. The zero-order chi connectivity index (χ0) is 80.1. The van der Waals surface area contributed by atoms with Gasteiger partial charge in [0, 0.05) is 27.1 Å². The Balaban J connectivity index is 0.000000136. The molecule has 6 aliphatic rings. The minimum Gasteiger partial charge on any atom is -0.0619 e. The van der Waals surface area contributed by atoms with Crippen molar-refractivity contribution in [3.8, 4) is 145 Å². The first kappa shape index (κ1) is 69.8. The highest BCUT2D eigenvalue weighted by Gasteiger charge is 2.42. The molecule has 0 fully saturated rings. The molecular weight excluding hydrogens is 1430 g/mol. The van der Waals surface area contributed by atoms with Crippen LogP contribution in [0.1, 0.15) is 125 Å². The van der Waals surface area contributed by atoms with Crippen LogP contribution < -0.4 is 0 Å². The molecule has 0 saturated carbocycles. The van der Waals surface area contributed by atoms with E-state index >= 15 is 0 Å². The van der Waals surface area contributed by atoms with Crippen molar-refractivity contribution in [3.63, 3.8) is 0 Å². The summed E-state index contributed by atoms with van der Waals surface area (Å²) in [6.07, 6.45) is 0. The molecule has 0 atom stereocenters. The van der Waals surface area contributed by atoms with Gasteiger partial charge in [-0.05, 0) is 297 Å². The number of hydrogen-bond acceptors (Lipinski definition) is 0. The van der Waals surface area contributed by atoms with E-state index in [0.717, 1.165) is 0 Å². The van der Waals surface area contributed by atoms with Crippen molar-refractivity contribution >= 4 is 53.9 Å². The third kappa shape index (κ3) is 9.69. The van der Waals surface area contributed by atoms with Crippen LogP contribution in [0.15, 0.2) is 352 Å². The van der Waals surface area contributed by atoms with Crippen LogP contribution >= 0.6 is 0 Å². The van der Waals surface area contributed by atoms with E-state index < -0.39 is 0 Å². The Morgan fingerprint density at radius 3 is 0.782 bits per heavy atom. The van der Waals surface area contributed by atoms with Crippen LogP contribution in [0, 0.1) is 0 Å². The van der Waals surface area contributed by atoms with Crippen molar-refractivity contribution in [1.29, 1.82) is 0 Å². The standard InChI is InChI=1S/C60H42.C59H46/c1-59(2)52-22-11-9-16-40(52)42-27-24-36(33-54(42)59)35-25-29-50-51(32-35)56(37-26-28-43-41-17-10-12-23-53(41)60(3,4)55(43)34-37)45-18-7-8-19-46(45)58(50)49-31-30-48-39-15-6-5-14-38(39)44-20-13-21-47(49)57(44)48;1-57(2)51-22-14-11-17-41(51)47-32-37(26-30-52(47)57)55-44-18-7-8-19-45(44)56(38-25-28-43-40-16-10-13-21-50(40)59(5,6)54(43)34-38)48-31-35(24-29-46(48)55)36-23-27-42-39-15-9-12-20-49(39)58(3,4)53(42)33-36/h5-34H,1-4H3;7-34H,1-6H3. The molecule has 0 spiro atoms. The molecule has 0 amide bonds. The van der Waals surface area contributed by atoms with Gasteiger partial charge in [-0.2, -0.15) is 0 Å². The van der Waals surface area contributed by atoms with Gasteiger partial charge in [-0.25, -0.2) is 0 Å². The molecule has 0 bridgehead atoms. The van der Waals surface area contributed by atoms with Gasteiger partial charge in [-0.1, -0.05) is 379 Å². The van der Waals surface area contributed by atoms with Gasteiger partial charge in [0.1, 0.15) is 0 Å². The summed E-state index contributed by atoms with van der Waals surface area (Å²) < 4.78 is 0. The summed E-state index contributed by atoms with van der Waals surface area (Å²) in [4.78, 5) is 0. The van der Waals surface area contributed by atoms with E-state index in [1.54, 1.807) is 0 Å². The van der Waals surface area contributed by atoms with E-state index in [0.29, 0.717) is 0 Å². The zero-order valence-corrected chi connectivity index (χ0v) is 69.0. The van der Waals surface area contributed by atoms with Crippen LogP contribution in [0.25, 0.3) is 199 Å². The quantitative estimate of drug-likeness (QED) is 0.146. The van der Waals surface area contributed by atoms with Crippen LogP contribution in [0.3, 0.4) is 0 Å². The Hall–Kier alpha value is -13.5. The third-order valence-electron chi connectivity index (χ3n) is 29.3.